The van der Waals surface area contributed by atoms with Crippen LogP contribution in [-0.4, -0.2) is 12.6 Å². The van der Waals surface area contributed by atoms with Gasteiger partial charge in [-0.2, -0.15) is 0 Å². The summed E-state index contributed by atoms with van der Waals surface area (Å²) in [4.78, 5) is 0. The van der Waals surface area contributed by atoms with Crippen molar-refractivity contribution in [3.8, 4) is 22.3 Å². The van der Waals surface area contributed by atoms with Crippen molar-refractivity contribution in [2.24, 2.45) is 5.92 Å². The van der Waals surface area contributed by atoms with Gasteiger partial charge in [-0.1, -0.05) is 24.3 Å². The molecule has 3 heteroatoms. The van der Waals surface area contributed by atoms with Crippen LogP contribution in [0.25, 0.3) is 22.3 Å². The molecule has 162 valence electrons. The molecule has 1 aliphatic carbocycles. The molecule has 3 aromatic rings. The van der Waals surface area contributed by atoms with E-state index in [2.05, 4.69) is 67.8 Å². The van der Waals surface area contributed by atoms with Crippen molar-refractivity contribution in [2.75, 3.05) is 17.2 Å². The van der Waals surface area contributed by atoms with Crippen LogP contribution in [0.1, 0.15) is 43.4 Å². The Labute approximate surface area is 185 Å². The molecule has 1 fully saturated rings. The summed E-state index contributed by atoms with van der Waals surface area (Å²) >= 11 is 0. The van der Waals surface area contributed by atoms with Crippen LogP contribution in [0.15, 0.2) is 48.5 Å². The Kier molecular flexibility index (Phi) is 6.04. The zero-order chi connectivity index (χ0) is 22.1. The molecule has 1 aliphatic rings. The minimum atomic E-state index is -0.124. The summed E-state index contributed by atoms with van der Waals surface area (Å²) < 4.78 is 15.7. The molecule has 4 rings (SSSR count). The summed E-state index contributed by atoms with van der Waals surface area (Å²) in [5.74, 6) is 0.702. The van der Waals surface area contributed by atoms with E-state index in [1.54, 1.807) is 0 Å². The number of nitrogens with one attached hydrogen (secondary N) is 2. The first-order chi connectivity index (χ1) is 14.8. The topological polar surface area (TPSA) is 24.1 Å². The molecule has 3 aromatic carbocycles. The van der Waals surface area contributed by atoms with Crippen LogP contribution in [0.5, 0.6) is 0 Å². The van der Waals surface area contributed by atoms with E-state index in [1.165, 1.54) is 12.8 Å². The van der Waals surface area contributed by atoms with Crippen LogP contribution in [0.2, 0.25) is 0 Å². The second-order valence-corrected chi connectivity index (χ2v) is 9.22. The smallest absolute Gasteiger partial charge is 0.134 e. The van der Waals surface area contributed by atoms with Gasteiger partial charge in [0.25, 0.3) is 0 Å². The fourth-order valence-electron chi connectivity index (χ4n) is 4.30. The molecule has 2 nitrogen and oxygen atoms in total. The highest BCUT2D eigenvalue weighted by Gasteiger charge is 2.21. The third-order valence-corrected chi connectivity index (χ3v) is 6.33. The first-order valence-electron chi connectivity index (χ1n) is 11.4. The van der Waals surface area contributed by atoms with E-state index < -0.39 is 0 Å². The molecule has 0 radical (unpaired) electrons. The second kappa shape index (κ2) is 8.74. The summed E-state index contributed by atoms with van der Waals surface area (Å²) in [6.45, 7) is 11.3. The SMILES string of the molecule is Cc1c(C)c(-c2ccc(NCC3CC3)cc2)c(F)c(C)c1-c1ccc(NC(C)C)cc1. The Bertz CT molecular complexity index is 1030. The molecule has 1 saturated carbocycles. The monoisotopic (exact) mass is 416 g/mol. The maximum Gasteiger partial charge on any atom is 0.134 e. The molecule has 0 heterocycles. The van der Waals surface area contributed by atoms with Gasteiger partial charge in [-0.05, 0) is 111 Å². The van der Waals surface area contributed by atoms with Crippen molar-refractivity contribution >= 4 is 11.4 Å². The fraction of sp³-hybridized carbons (Fsp3) is 0.357. The molecule has 0 spiro atoms. The number of benzene rings is 3. The van der Waals surface area contributed by atoms with Crippen molar-refractivity contribution in [1.82, 2.24) is 0 Å². The molecular formula is C28H33FN2. The number of rotatable bonds is 7. The maximum atomic E-state index is 15.7. The van der Waals surface area contributed by atoms with Gasteiger partial charge < -0.3 is 10.6 Å². The van der Waals surface area contributed by atoms with Gasteiger partial charge >= 0.3 is 0 Å². The van der Waals surface area contributed by atoms with Crippen LogP contribution in [0, 0.1) is 32.5 Å². The third-order valence-electron chi connectivity index (χ3n) is 6.33. The number of anilines is 2. The number of hydrogen-bond acceptors (Lipinski definition) is 2. The largest absolute Gasteiger partial charge is 0.385 e. The number of halogens is 1. The van der Waals surface area contributed by atoms with E-state index in [1.807, 2.05) is 26.0 Å². The van der Waals surface area contributed by atoms with Crippen molar-refractivity contribution in [3.63, 3.8) is 0 Å². The van der Waals surface area contributed by atoms with E-state index in [-0.39, 0.29) is 5.82 Å². The predicted octanol–water partition coefficient (Wildman–Crippen LogP) is 7.73. The van der Waals surface area contributed by atoms with Crippen molar-refractivity contribution in [1.29, 1.82) is 0 Å². The van der Waals surface area contributed by atoms with Crippen molar-refractivity contribution in [2.45, 2.75) is 53.5 Å². The Balaban J connectivity index is 1.66. The van der Waals surface area contributed by atoms with Gasteiger partial charge in [-0.25, -0.2) is 4.39 Å². The standard InChI is InChI=1S/C28H33FN2/c1-17(2)31-25-14-10-22(11-15-25)26-18(3)19(4)27(28(29)20(26)5)23-8-12-24(13-9-23)30-16-21-6-7-21/h8-15,17,21,30-31H,6-7,16H2,1-5H3. The zero-order valence-corrected chi connectivity index (χ0v) is 19.3. The van der Waals surface area contributed by atoms with Crippen molar-refractivity contribution < 1.29 is 4.39 Å². The van der Waals surface area contributed by atoms with E-state index in [4.69, 9.17) is 0 Å². The van der Waals surface area contributed by atoms with E-state index in [0.29, 0.717) is 17.2 Å². The molecule has 0 saturated heterocycles. The molecule has 31 heavy (non-hydrogen) atoms. The van der Waals surface area contributed by atoms with Gasteiger partial charge in [-0.15, -0.1) is 0 Å². The average molecular weight is 417 g/mol. The van der Waals surface area contributed by atoms with Crippen LogP contribution in [0.3, 0.4) is 0 Å². The highest BCUT2D eigenvalue weighted by molar-refractivity contribution is 5.81. The molecule has 0 bridgehead atoms. The number of hydrogen-bond donors (Lipinski definition) is 2. The average Bonchev–Trinajstić information content (AvgIpc) is 3.57. The van der Waals surface area contributed by atoms with E-state index >= 15 is 4.39 Å². The van der Waals surface area contributed by atoms with Gasteiger partial charge in [0.2, 0.25) is 0 Å². The minimum Gasteiger partial charge on any atom is -0.385 e. The molecule has 0 aliphatic heterocycles. The Morgan fingerprint density at radius 1 is 0.774 bits per heavy atom. The van der Waals surface area contributed by atoms with Gasteiger partial charge in [0.15, 0.2) is 0 Å². The summed E-state index contributed by atoms with van der Waals surface area (Å²) in [7, 11) is 0. The fourth-order valence-corrected chi connectivity index (χ4v) is 4.30. The Morgan fingerprint density at radius 3 is 1.84 bits per heavy atom. The molecule has 0 amide bonds. The van der Waals surface area contributed by atoms with Gasteiger partial charge in [0.05, 0.1) is 0 Å². The summed E-state index contributed by atoms with van der Waals surface area (Å²) in [6.07, 6.45) is 2.66. The first-order valence-corrected chi connectivity index (χ1v) is 11.4. The lowest BCUT2D eigenvalue weighted by Crippen LogP contribution is -2.09. The molecular weight excluding hydrogens is 383 g/mol. The lowest BCUT2D eigenvalue weighted by molar-refractivity contribution is 0.621. The second-order valence-electron chi connectivity index (χ2n) is 9.22. The van der Waals surface area contributed by atoms with Gasteiger partial charge in [0.1, 0.15) is 5.82 Å². The zero-order valence-electron chi connectivity index (χ0n) is 19.3. The Hall–Kier alpha value is -2.81. The summed E-state index contributed by atoms with van der Waals surface area (Å²) in [5, 5.41) is 6.90. The Morgan fingerprint density at radius 2 is 1.29 bits per heavy atom. The van der Waals surface area contributed by atoms with Crippen molar-refractivity contribution in [3.05, 3.63) is 71.0 Å². The molecule has 2 N–H and O–H groups in total. The van der Waals surface area contributed by atoms with E-state index in [0.717, 1.165) is 51.7 Å². The lowest BCUT2D eigenvalue weighted by Gasteiger charge is -2.20. The minimum absolute atomic E-state index is 0.124. The van der Waals surface area contributed by atoms with Gasteiger partial charge in [-0.3, -0.25) is 0 Å². The molecule has 0 aromatic heterocycles. The molecule has 0 atom stereocenters. The highest BCUT2D eigenvalue weighted by atomic mass is 19.1. The van der Waals surface area contributed by atoms with Crippen LogP contribution in [-0.2, 0) is 0 Å². The third kappa shape index (κ3) is 4.61. The van der Waals surface area contributed by atoms with Gasteiger partial charge in [0, 0.05) is 29.5 Å². The van der Waals surface area contributed by atoms with Crippen LogP contribution in [0.4, 0.5) is 15.8 Å². The highest BCUT2D eigenvalue weighted by Crippen LogP contribution is 2.39. The van der Waals surface area contributed by atoms with E-state index in [9.17, 15) is 0 Å². The lowest BCUT2D eigenvalue weighted by atomic mass is 9.86. The van der Waals surface area contributed by atoms with Crippen LogP contribution >= 0.6 is 0 Å². The maximum absolute atomic E-state index is 15.7. The molecule has 0 unspecified atom stereocenters. The normalized spacial score (nSPS) is 13.5. The summed E-state index contributed by atoms with van der Waals surface area (Å²) in [6, 6.07) is 16.9. The first kappa shape index (κ1) is 21.4. The predicted molar refractivity (Wildman–Crippen MR) is 131 cm³/mol. The van der Waals surface area contributed by atoms with Crippen LogP contribution < -0.4 is 10.6 Å². The summed E-state index contributed by atoms with van der Waals surface area (Å²) in [5.41, 5.74) is 8.73. The quantitative estimate of drug-likeness (QED) is 0.412.